The molecule has 0 unspecified atom stereocenters. The van der Waals surface area contributed by atoms with Gasteiger partial charge in [-0.1, -0.05) is 48.5 Å². The van der Waals surface area contributed by atoms with Crippen molar-refractivity contribution >= 4 is 39.5 Å². The van der Waals surface area contributed by atoms with E-state index >= 15 is 0 Å². The number of amides is 2. The number of methoxy groups -OCH3 is 1. The zero-order valence-electron chi connectivity index (χ0n) is 23.9. The number of likely N-dealkylation sites (tertiary alicyclic amines) is 1. The molecule has 0 bridgehead atoms. The minimum absolute atomic E-state index is 0.0679. The lowest BCUT2D eigenvalue weighted by Crippen LogP contribution is -2.33. The van der Waals surface area contributed by atoms with E-state index in [2.05, 4.69) is 26.6 Å². The molecule has 8 heteroatoms. The molecular weight excluding hydrogens is 544 g/mol. The van der Waals surface area contributed by atoms with E-state index in [4.69, 9.17) is 4.74 Å². The van der Waals surface area contributed by atoms with Crippen LogP contribution >= 0.6 is 11.3 Å². The van der Waals surface area contributed by atoms with Crippen LogP contribution in [0, 0.1) is 0 Å². The Labute approximate surface area is 251 Å². The first-order valence-corrected chi connectivity index (χ1v) is 15.5. The summed E-state index contributed by atoms with van der Waals surface area (Å²) in [4.78, 5) is 34.2. The molecule has 0 atom stereocenters. The number of thiophene rings is 1. The summed E-state index contributed by atoms with van der Waals surface area (Å²) >= 11 is 1.70. The van der Waals surface area contributed by atoms with Crippen LogP contribution in [0.1, 0.15) is 40.0 Å². The molecule has 7 nitrogen and oxygen atoms in total. The summed E-state index contributed by atoms with van der Waals surface area (Å²) in [5, 5.41) is 6.24. The van der Waals surface area contributed by atoms with Crippen LogP contribution in [0.3, 0.4) is 0 Å². The van der Waals surface area contributed by atoms with Crippen molar-refractivity contribution in [2.24, 2.45) is 0 Å². The van der Waals surface area contributed by atoms with E-state index in [0.29, 0.717) is 29.1 Å². The number of nitrogens with one attached hydrogen (secondary N) is 1. The third kappa shape index (κ3) is 5.91. The van der Waals surface area contributed by atoms with Gasteiger partial charge in [0, 0.05) is 37.3 Å². The molecule has 1 saturated heterocycles. The smallest absolute Gasteiger partial charge is 0.258 e. The lowest BCUT2D eigenvalue weighted by molar-refractivity contribution is 0.0986. The molecule has 216 valence electrons. The molecule has 0 aliphatic carbocycles. The van der Waals surface area contributed by atoms with Crippen molar-refractivity contribution in [2.75, 3.05) is 61.5 Å². The van der Waals surface area contributed by atoms with Gasteiger partial charge in [-0.25, -0.2) is 0 Å². The number of carbonyl (C=O) groups excluding carboxylic acids is 2. The SMILES string of the molecule is COc1cc(C(=O)N2CCCN(CCN3CCCC3)c3sccc32)ccc1NC(=O)c1ccccc1-c1ccccc1. The first-order valence-electron chi connectivity index (χ1n) is 14.6. The van der Waals surface area contributed by atoms with Crippen LogP contribution in [0.2, 0.25) is 0 Å². The average Bonchev–Trinajstić information content (AvgIpc) is 3.71. The molecular formula is C34H36N4O3S. The fraction of sp³-hybridized carbons (Fsp3) is 0.294. The summed E-state index contributed by atoms with van der Waals surface area (Å²) in [5.41, 5.74) is 4.39. The van der Waals surface area contributed by atoms with Crippen molar-refractivity contribution in [3.8, 4) is 16.9 Å². The van der Waals surface area contributed by atoms with Gasteiger partial charge >= 0.3 is 0 Å². The Hall–Kier alpha value is -4.14. The highest BCUT2D eigenvalue weighted by atomic mass is 32.1. The predicted molar refractivity (Wildman–Crippen MR) is 171 cm³/mol. The number of hydrogen-bond acceptors (Lipinski definition) is 6. The maximum Gasteiger partial charge on any atom is 0.258 e. The molecule has 1 N–H and O–H groups in total. The summed E-state index contributed by atoms with van der Waals surface area (Å²) in [6.07, 6.45) is 3.48. The lowest BCUT2D eigenvalue weighted by atomic mass is 9.99. The molecule has 42 heavy (non-hydrogen) atoms. The zero-order valence-corrected chi connectivity index (χ0v) is 24.7. The first kappa shape index (κ1) is 28.0. The maximum absolute atomic E-state index is 13.9. The topological polar surface area (TPSA) is 65.1 Å². The molecule has 1 fully saturated rings. The molecule has 2 amide bonds. The Balaban J connectivity index is 1.20. The van der Waals surface area contributed by atoms with Crippen molar-refractivity contribution in [1.29, 1.82) is 0 Å². The van der Waals surface area contributed by atoms with Gasteiger partial charge in [0.25, 0.3) is 11.8 Å². The predicted octanol–water partition coefficient (Wildman–Crippen LogP) is 6.63. The molecule has 0 spiro atoms. The Bertz CT molecular complexity index is 1550. The lowest BCUT2D eigenvalue weighted by Gasteiger charge is -2.26. The van der Waals surface area contributed by atoms with Crippen molar-refractivity contribution < 1.29 is 14.3 Å². The summed E-state index contributed by atoms with van der Waals surface area (Å²) in [6.45, 7) is 6.00. The van der Waals surface area contributed by atoms with Crippen molar-refractivity contribution in [3.05, 3.63) is 95.4 Å². The van der Waals surface area contributed by atoms with Gasteiger partial charge < -0.3 is 24.8 Å². The molecule has 2 aliphatic heterocycles. The third-order valence-corrected chi connectivity index (χ3v) is 9.06. The van der Waals surface area contributed by atoms with Crippen LogP contribution in [0.5, 0.6) is 5.75 Å². The van der Waals surface area contributed by atoms with Crippen LogP contribution in [0.15, 0.2) is 84.2 Å². The summed E-state index contributed by atoms with van der Waals surface area (Å²) in [5.74, 6) is 0.136. The highest BCUT2D eigenvalue weighted by molar-refractivity contribution is 7.15. The average molecular weight is 581 g/mol. The van der Waals surface area contributed by atoms with Crippen LogP contribution in [-0.4, -0.2) is 63.1 Å². The second-order valence-corrected chi connectivity index (χ2v) is 11.6. The van der Waals surface area contributed by atoms with Crippen molar-refractivity contribution in [3.63, 3.8) is 0 Å². The maximum atomic E-state index is 13.9. The van der Waals surface area contributed by atoms with E-state index in [9.17, 15) is 9.59 Å². The van der Waals surface area contributed by atoms with Crippen LogP contribution < -0.4 is 19.9 Å². The van der Waals surface area contributed by atoms with E-state index in [1.54, 1.807) is 36.6 Å². The zero-order chi connectivity index (χ0) is 28.9. The van der Waals surface area contributed by atoms with E-state index in [1.807, 2.05) is 59.5 Å². The van der Waals surface area contributed by atoms with E-state index < -0.39 is 0 Å². The Morgan fingerprint density at radius 1 is 0.857 bits per heavy atom. The molecule has 0 saturated carbocycles. The van der Waals surface area contributed by atoms with Crippen LogP contribution in [0.4, 0.5) is 16.4 Å². The quantitative estimate of drug-likeness (QED) is 0.254. The monoisotopic (exact) mass is 580 g/mol. The summed E-state index contributed by atoms with van der Waals surface area (Å²) in [7, 11) is 1.55. The van der Waals surface area contributed by atoms with E-state index in [-0.39, 0.29) is 11.8 Å². The molecule has 3 aromatic carbocycles. The number of nitrogens with zero attached hydrogens (tertiary/aromatic N) is 3. The highest BCUT2D eigenvalue weighted by Gasteiger charge is 2.28. The van der Waals surface area contributed by atoms with E-state index in [1.165, 1.54) is 25.9 Å². The number of carbonyl (C=O) groups is 2. The molecule has 2 aliphatic rings. The van der Waals surface area contributed by atoms with Gasteiger partial charge in [-0.3, -0.25) is 9.59 Å². The first-order chi connectivity index (χ1) is 20.6. The summed E-state index contributed by atoms with van der Waals surface area (Å²) in [6, 6.07) is 24.7. The second-order valence-electron chi connectivity index (χ2n) is 10.7. The number of ether oxygens (including phenoxy) is 1. The normalized spacial score (nSPS) is 15.3. The summed E-state index contributed by atoms with van der Waals surface area (Å²) < 4.78 is 5.66. The fourth-order valence-corrected chi connectivity index (χ4v) is 6.85. The van der Waals surface area contributed by atoms with E-state index in [0.717, 1.165) is 47.9 Å². The third-order valence-electron chi connectivity index (χ3n) is 8.10. The number of hydrogen-bond donors (Lipinski definition) is 1. The minimum Gasteiger partial charge on any atom is -0.495 e. The second kappa shape index (κ2) is 12.8. The molecule has 4 aromatic rings. The van der Waals surface area contributed by atoms with Gasteiger partial charge in [0.2, 0.25) is 0 Å². The number of fused-ring (bicyclic) bond motifs is 1. The molecule has 3 heterocycles. The van der Waals surface area contributed by atoms with Crippen LogP contribution in [-0.2, 0) is 0 Å². The number of anilines is 3. The molecule has 0 radical (unpaired) electrons. The Kier molecular flexibility index (Phi) is 8.53. The van der Waals surface area contributed by atoms with Gasteiger partial charge in [0.1, 0.15) is 10.8 Å². The number of rotatable bonds is 8. The Morgan fingerprint density at radius 2 is 1.64 bits per heavy atom. The standard InChI is InChI=1S/C34H36N4O3S/c1-41-31-24-26(14-15-29(31)35-32(39)28-13-6-5-12-27(28)25-10-3-2-4-11-25)33(40)38-20-9-19-37(34-30(38)16-23-42-34)22-21-36-17-7-8-18-36/h2-6,10-16,23-24H,7-9,17-22H2,1H3,(H,35,39). The highest BCUT2D eigenvalue weighted by Crippen LogP contribution is 2.39. The molecule has 1 aromatic heterocycles. The largest absolute Gasteiger partial charge is 0.495 e. The van der Waals surface area contributed by atoms with Gasteiger partial charge in [0.05, 0.1) is 18.5 Å². The van der Waals surface area contributed by atoms with Crippen LogP contribution in [0.25, 0.3) is 11.1 Å². The number of benzene rings is 3. The van der Waals surface area contributed by atoms with Gasteiger partial charge in [-0.05, 0) is 79.2 Å². The molecule has 6 rings (SSSR count). The van der Waals surface area contributed by atoms with Gasteiger partial charge in [-0.15, -0.1) is 11.3 Å². The van der Waals surface area contributed by atoms with Gasteiger partial charge in [0.15, 0.2) is 0 Å². The Morgan fingerprint density at radius 3 is 2.45 bits per heavy atom. The minimum atomic E-state index is -0.240. The fourth-order valence-electron chi connectivity index (χ4n) is 5.89. The van der Waals surface area contributed by atoms with Gasteiger partial charge in [-0.2, -0.15) is 0 Å². The van der Waals surface area contributed by atoms with Crippen molar-refractivity contribution in [2.45, 2.75) is 19.3 Å². The van der Waals surface area contributed by atoms with Crippen molar-refractivity contribution in [1.82, 2.24) is 4.90 Å².